The Morgan fingerprint density at radius 3 is 0.302 bits per heavy atom. The van der Waals surface area contributed by atoms with Crippen LogP contribution in [0, 0.1) is 35.5 Å². The van der Waals surface area contributed by atoms with Crippen molar-refractivity contribution in [2.45, 2.75) is 113 Å². The average molecular weight is 1400 g/mol. The maximum Gasteiger partial charge on any atom is 0.178 e. The molecule has 0 amide bonds. The maximum atomic E-state index is 11.8. The van der Waals surface area contributed by atoms with E-state index in [9.17, 15) is 30.6 Å². The summed E-state index contributed by atoms with van der Waals surface area (Å²) in [6.07, 6.45) is -0.667. The van der Waals surface area contributed by atoms with Crippen molar-refractivity contribution in [3.63, 3.8) is 0 Å². The van der Waals surface area contributed by atoms with Crippen molar-refractivity contribution >= 4 is 0 Å². The molecule has 0 atom stereocenters. The zero-order valence-corrected chi connectivity index (χ0v) is 60.5. The molecule has 6 aliphatic carbocycles. The molecule has 6 aliphatic rings. The molecule has 0 aliphatic heterocycles. The third-order valence-electron chi connectivity index (χ3n) is 18.8. The molecule has 0 fully saturated rings. The lowest BCUT2D eigenvalue weighted by atomic mass is 9.87. The molecule has 0 saturated carbocycles. The lowest BCUT2D eigenvalue weighted by Gasteiger charge is -2.23. The highest BCUT2D eigenvalue weighted by Crippen LogP contribution is 2.54. The van der Waals surface area contributed by atoms with Gasteiger partial charge in [-0.3, -0.25) is 0 Å². The number of fused-ring (bicyclic) bond motifs is 18. The number of hydrogen-bond acceptors (Lipinski definition) is 10. The van der Waals surface area contributed by atoms with E-state index in [1.807, 2.05) is 291 Å². The topological polar surface area (TPSA) is 202 Å². The molecule has 0 saturated heterocycles. The van der Waals surface area contributed by atoms with E-state index in [0.29, 0.717) is 0 Å². The molecule has 0 unspecified atom stereocenters. The fraction of sp³-hybridized carbons (Fsp3) is 0.188. The quantitative estimate of drug-likeness (QED) is 0.0651. The number of aliphatic hydroxyl groups excluding tert-OH is 4. The first-order chi connectivity index (χ1) is 50.8. The second kappa shape index (κ2) is 30.6. The van der Waals surface area contributed by atoms with E-state index in [0.717, 1.165) is 134 Å². The Bertz CT molecular complexity index is 4290. The average Bonchev–Trinajstić information content (AvgIpc) is 1.57. The van der Waals surface area contributed by atoms with Crippen LogP contribution in [0.5, 0.6) is 0 Å². The van der Waals surface area contributed by atoms with Crippen molar-refractivity contribution < 1.29 is 51.1 Å². The van der Waals surface area contributed by atoms with Gasteiger partial charge in [0.25, 0.3) is 0 Å². The Hall–Kier alpha value is -11.1. The van der Waals surface area contributed by atoms with Crippen LogP contribution in [0.15, 0.2) is 291 Å². The fourth-order valence-corrected chi connectivity index (χ4v) is 14.6. The number of benzene rings is 12. The van der Waals surface area contributed by atoms with Crippen LogP contribution in [0.1, 0.15) is 122 Å². The number of aliphatic hydroxyl groups is 10. The summed E-state index contributed by atoms with van der Waals surface area (Å²) in [6, 6.07) is 93.4. The van der Waals surface area contributed by atoms with Gasteiger partial charge >= 0.3 is 0 Å². The van der Waals surface area contributed by atoms with Crippen LogP contribution >= 0.6 is 0 Å². The summed E-state index contributed by atoms with van der Waals surface area (Å²) in [5, 5.41) is 103. The van der Waals surface area contributed by atoms with E-state index in [4.69, 9.17) is 20.4 Å². The molecule has 106 heavy (non-hydrogen) atoms. The van der Waals surface area contributed by atoms with E-state index in [2.05, 4.69) is 35.5 Å². The molecule has 0 aromatic heterocycles. The van der Waals surface area contributed by atoms with E-state index in [1.54, 1.807) is 55.4 Å². The largest absolute Gasteiger partial charge is 0.394 e. The lowest BCUT2D eigenvalue weighted by Crippen LogP contribution is -2.26. The molecule has 10 nitrogen and oxygen atoms in total. The minimum atomic E-state index is -1.48. The Balaban J connectivity index is 0.000000135. The molecule has 0 heterocycles. The van der Waals surface area contributed by atoms with Gasteiger partial charge < -0.3 is 51.1 Å². The molecule has 530 valence electrons. The number of rotatable bonds is 0. The standard InChI is InChI=1S/3C28H18O2.4C3H8O/c3*29-27(23-13-5-1-9-19(23)20-10-2-6-14-24(20)27)17-18-28(30)25-15-7-3-11-21(25)22-12-4-8-16-26(22)28;4*1-3(2)4/h3*1-16,29-30H;4*3-4H,1-2H3. The molecule has 12 aromatic rings. The van der Waals surface area contributed by atoms with Gasteiger partial charge in [-0.05, 0) is 122 Å². The van der Waals surface area contributed by atoms with Gasteiger partial charge in [-0.2, -0.15) is 0 Å². The van der Waals surface area contributed by atoms with Crippen molar-refractivity contribution in [2.75, 3.05) is 0 Å². The van der Waals surface area contributed by atoms with Gasteiger partial charge in [-0.1, -0.05) is 327 Å². The van der Waals surface area contributed by atoms with Crippen molar-refractivity contribution in [1.82, 2.24) is 0 Å². The molecule has 10 N–H and O–H groups in total. The van der Waals surface area contributed by atoms with Crippen LogP contribution in [0.2, 0.25) is 0 Å². The van der Waals surface area contributed by atoms with Gasteiger partial charge in [0.2, 0.25) is 0 Å². The second-order valence-electron chi connectivity index (χ2n) is 27.9. The van der Waals surface area contributed by atoms with Crippen molar-refractivity contribution in [3.05, 3.63) is 358 Å². The molecule has 10 heteroatoms. The predicted octanol–water partition coefficient (Wildman–Crippen LogP) is 16.0. The molecule has 0 bridgehead atoms. The fourth-order valence-electron chi connectivity index (χ4n) is 14.6. The van der Waals surface area contributed by atoms with Gasteiger partial charge in [0, 0.05) is 91.2 Å². The predicted molar refractivity (Wildman–Crippen MR) is 422 cm³/mol. The van der Waals surface area contributed by atoms with Crippen LogP contribution in [-0.4, -0.2) is 75.5 Å². The summed E-state index contributed by atoms with van der Waals surface area (Å²) in [6.45, 7) is 13.8. The van der Waals surface area contributed by atoms with E-state index in [-0.39, 0.29) is 24.4 Å². The van der Waals surface area contributed by atoms with Gasteiger partial charge in [0.1, 0.15) is 0 Å². The third-order valence-corrected chi connectivity index (χ3v) is 18.8. The monoisotopic (exact) mass is 1400 g/mol. The lowest BCUT2D eigenvalue weighted by molar-refractivity contribution is 0.138. The first-order valence-electron chi connectivity index (χ1n) is 35.7. The van der Waals surface area contributed by atoms with Crippen LogP contribution < -0.4 is 0 Å². The van der Waals surface area contributed by atoms with Crippen molar-refractivity contribution in [2.24, 2.45) is 0 Å². The Kier molecular flexibility index (Phi) is 21.5. The minimum Gasteiger partial charge on any atom is -0.394 e. The van der Waals surface area contributed by atoms with Gasteiger partial charge in [0.05, 0.1) is 0 Å². The third kappa shape index (κ3) is 13.9. The van der Waals surface area contributed by atoms with Crippen LogP contribution in [0.3, 0.4) is 0 Å². The van der Waals surface area contributed by atoms with E-state index in [1.165, 1.54) is 0 Å². The summed E-state index contributed by atoms with van der Waals surface area (Å²) in [4.78, 5) is 0. The van der Waals surface area contributed by atoms with E-state index >= 15 is 0 Å². The summed E-state index contributed by atoms with van der Waals surface area (Å²) in [7, 11) is 0. The minimum absolute atomic E-state index is 0.167. The highest BCUT2D eigenvalue weighted by molar-refractivity contribution is 5.88. The summed E-state index contributed by atoms with van der Waals surface area (Å²) in [5.74, 6) is 18.5. The van der Waals surface area contributed by atoms with Gasteiger partial charge in [0.15, 0.2) is 33.6 Å². The highest BCUT2D eigenvalue weighted by atomic mass is 16.3. The van der Waals surface area contributed by atoms with Crippen molar-refractivity contribution in [3.8, 4) is 102 Å². The van der Waals surface area contributed by atoms with Crippen LogP contribution in [0.25, 0.3) is 66.8 Å². The smallest absolute Gasteiger partial charge is 0.178 e. The zero-order chi connectivity index (χ0) is 75.3. The molecule has 18 rings (SSSR count). The summed E-state index contributed by atoms with van der Waals surface area (Å²) >= 11 is 0. The molecule has 12 aromatic carbocycles. The van der Waals surface area contributed by atoms with Crippen LogP contribution in [-0.2, 0) is 33.6 Å². The first-order valence-corrected chi connectivity index (χ1v) is 35.7. The Labute approximate surface area is 621 Å². The van der Waals surface area contributed by atoms with Gasteiger partial charge in [-0.25, -0.2) is 0 Å². The Morgan fingerprint density at radius 1 is 0.160 bits per heavy atom. The Morgan fingerprint density at radius 2 is 0.226 bits per heavy atom. The molecular weight excluding hydrogens is 1310 g/mol. The zero-order valence-electron chi connectivity index (χ0n) is 60.5. The molecule has 0 radical (unpaired) electrons. The SMILES string of the molecule is CC(C)O.CC(C)O.CC(C)O.CC(C)O.OC1(C#CC2(O)c3ccccc3-c3ccccc32)c2ccccc2-c2ccccc21.OC1(C#CC2(O)c3ccccc3-c3ccccc32)c2ccccc2-c2ccccc21.OC1(C#CC2(O)c3ccccc3-c3ccccc32)c2ccccc2-c2ccccc21. The normalized spacial score (nSPS) is 14.9. The second-order valence-corrected chi connectivity index (χ2v) is 27.9. The van der Waals surface area contributed by atoms with Crippen LogP contribution in [0.4, 0.5) is 0 Å². The summed E-state index contributed by atoms with van der Waals surface area (Å²) < 4.78 is 0. The van der Waals surface area contributed by atoms with E-state index < -0.39 is 33.6 Å². The highest BCUT2D eigenvalue weighted by Gasteiger charge is 2.48. The summed E-state index contributed by atoms with van der Waals surface area (Å²) in [5.41, 5.74) is 11.9. The number of hydrogen-bond donors (Lipinski definition) is 10. The van der Waals surface area contributed by atoms with Crippen molar-refractivity contribution in [1.29, 1.82) is 0 Å². The first kappa shape index (κ1) is 74.6. The van der Waals surface area contributed by atoms with Gasteiger partial charge in [-0.15, -0.1) is 0 Å². The molecule has 0 spiro atoms. The maximum absolute atomic E-state index is 11.8. The molecular formula is C96H86O10.